The fourth-order valence-electron chi connectivity index (χ4n) is 8.79. The van der Waals surface area contributed by atoms with Gasteiger partial charge in [0.15, 0.2) is 0 Å². The molecule has 1 aromatic carbocycles. The minimum Gasteiger partial charge on any atom is -0.381 e. The van der Waals surface area contributed by atoms with Crippen LogP contribution in [0.4, 0.5) is 4.39 Å². The maximum atomic E-state index is 14.4. The van der Waals surface area contributed by atoms with Crippen molar-refractivity contribution in [3.05, 3.63) is 101 Å². The topological polar surface area (TPSA) is 50.7 Å². The third-order valence-electron chi connectivity index (χ3n) is 13.9. The number of halogens is 1. The van der Waals surface area contributed by atoms with E-state index in [-0.39, 0.29) is 5.92 Å². The molecule has 1 heterocycles. The highest BCUT2D eigenvalue weighted by Crippen LogP contribution is 2.41. The van der Waals surface area contributed by atoms with Crippen molar-refractivity contribution in [2.75, 3.05) is 13.2 Å². The van der Waals surface area contributed by atoms with E-state index in [0.29, 0.717) is 16.9 Å². The molecule has 1 saturated carbocycles. The van der Waals surface area contributed by atoms with Gasteiger partial charge in [-0.2, -0.15) is 0 Å². The Morgan fingerprint density at radius 3 is 1.87 bits per heavy atom. The number of carbonyl (C=O) groups excluding carboxylic acids is 1. The van der Waals surface area contributed by atoms with Crippen molar-refractivity contribution >= 4 is 17.6 Å². The Balaban J connectivity index is 0. The maximum Gasteiger partial charge on any atom is 0.146 e. The number of Topliss-reactive ketones (excluding diaryl/α,β-unsaturated/α-hetero) is 1. The quantitative estimate of drug-likeness (QED) is 0.0830. The van der Waals surface area contributed by atoms with Gasteiger partial charge in [0.2, 0.25) is 0 Å². The minimum atomic E-state index is -0.462. The number of carbonyl (C=O) groups is 1. The largest absolute Gasteiger partial charge is 0.381 e. The number of nitrogens with zero attached hydrogens (tertiary/aromatic N) is 1. The lowest BCUT2D eigenvalue weighted by atomic mass is 9.65. The summed E-state index contributed by atoms with van der Waals surface area (Å²) in [6.45, 7) is 50.9. The summed E-state index contributed by atoms with van der Waals surface area (Å²) in [7, 11) is 0. The van der Waals surface area contributed by atoms with Gasteiger partial charge in [-0.1, -0.05) is 193 Å². The van der Waals surface area contributed by atoms with Gasteiger partial charge in [0, 0.05) is 23.7 Å². The first kappa shape index (κ1) is 66.8. The molecule has 0 aromatic heterocycles. The Labute approximate surface area is 422 Å². The van der Waals surface area contributed by atoms with E-state index in [0.717, 1.165) is 115 Å². The number of hydrogen-bond acceptors (Lipinski definition) is 4. The lowest BCUT2D eigenvalue weighted by Crippen LogP contribution is -2.40. The normalized spacial score (nSPS) is 17.7. The first-order chi connectivity index (χ1) is 32.2. The smallest absolute Gasteiger partial charge is 0.146 e. The highest BCUT2D eigenvalue weighted by atomic mass is 19.1. The first-order valence-electron chi connectivity index (χ1n) is 27.4. The van der Waals surface area contributed by atoms with Gasteiger partial charge in [-0.15, -0.1) is 0 Å². The second kappa shape index (κ2) is 37.5. The van der Waals surface area contributed by atoms with Crippen LogP contribution in [0.5, 0.6) is 0 Å². The molecular formula is C63H109FN2O2. The predicted octanol–water partition coefficient (Wildman–Crippen LogP) is 19.8. The standard InChI is InChI=1S/C37H53FN2O.C8H16.C8H18.C7H14O.C3H8/c1-12-18-34(33(38)17-6)40-30(11)29(10)35(39-23-15-4)25-27(8)31-19-20-32(28(9)24-31)37(21-13-2,22-14-3)36(41)26(7)16-5;1-3-4-8-5-7(2)6-8;1-5-7-8(3,4)6-2;1-3-6(2)7-4-8-5-7;1-3-2/h12,17-20,23-26,40H,6,8,13-16,21-22H2,1-5,7,9-11H3;7-8H,3-6H2,1-2H3;5-7H2,1-4H3;6-7H,3-5H2,1-2H3;3H2,1-2H3/b18-12-,30-29+,34-33-,35-25+,39-23?;;;;. The average Bonchev–Trinajstić information content (AvgIpc) is 3.28. The lowest BCUT2D eigenvalue weighted by Gasteiger charge is -2.36. The molecule has 0 spiro atoms. The Morgan fingerprint density at radius 2 is 1.50 bits per heavy atom. The van der Waals surface area contributed by atoms with Gasteiger partial charge in [-0.3, -0.25) is 9.79 Å². The molecule has 4 nitrogen and oxygen atoms in total. The van der Waals surface area contributed by atoms with Crippen molar-refractivity contribution < 1.29 is 13.9 Å². The van der Waals surface area contributed by atoms with Gasteiger partial charge in [0.1, 0.15) is 11.6 Å². The SMILES string of the molecule is C=C/C(F)=C(\C=C/C)N/C(C)=C(C)/C(=C\C(=C)c1ccc(C(CCC)(CCC)C(=O)C(C)CC)c(C)c1)N=CCC.CCC.CCC(C)C1COC1.CCCC(C)(C)CC.CCCC1CC(C)C1. The van der Waals surface area contributed by atoms with E-state index in [1.165, 1.54) is 63.9 Å². The molecule has 1 N–H and O–H groups in total. The molecule has 0 radical (unpaired) electrons. The predicted molar refractivity (Wildman–Crippen MR) is 303 cm³/mol. The van der Waals surface area contributed by atoms with Crippen molar-refractivity contribution in [3.8, 4) is 0 Å². The molecule has 1 aliphatic carbocycles. The number of allylic oxidation sites excluding steroid dienone is 8. The van der Waals surface area contributed by atoms with Crippen LogP contribution in [0, 0.1) is 41.9 Å². The van der Waals surface area contributed by atoms with E-state index in [1.54, 1.807) is 12.2 Å². The van der Waals surface area contributed by atoms with E-state index in [1.807, 2.05) is 40.0 Å². The monoisotopic (exact) mass is 945 g/mol. The van der Waals surface area contributed by atoms with Crippen LogP contribution in [0.3, 0.4) is 0 Å². The second-order valence-electron chi connectivity index (χ2n) is 20.8. The van der Waals surface area contributed by atoms with Crippen molar-refractivity contribution in [2.45, 2.75) is 233 Å². The highest BCUT2D eigenvalue weighted by Gasteiger charge is 2.41. The average molecular weight is 946 g/mol. The molecular weight excluding hydrogens is 836 g/mol. The summed E-state index contributed by atoms with van der Waals surface area (Å²) < 4.78 is 19.4. The number of rotatable bonds is 24. The summed E-state index contributed by atoms with van der Waals surface area (Å²) in [6, 6.07) is 6.38. The van der Waals surface area contributed by atoms with Crippen molar-refractivity contribution in [2.24, 2.45) is 40.0 Å². The molecule has 2 aliphatic rings. The summed E-state index contributed by atoms with van der Waals surface area (Å²) in [4.78, 5) is 18.5. The number of aliphatic imine (C=N–C) groups is 1. The molecule has 0 amide bonds. The van der Waals surface area contributed by atoms with Crippen LogP contribution in [0.1, 0.15) is 238 Å². The molecule has 1 saturated heterocycles. The van der Waals surface area contributed by atoms with Crippen LogP contribution in [-0.2, 0) is 14.9 Å². The van der Waals surface area contributed by atoms with E-state index in [4.69, 9.17) is 9.73 Å². The first-order valence-corrected chi connectivity index (χ1v) is 27.4. The number of ketones is 1. The van der Waals surface area contributed by atoms with Crippen LogP contribution < -0.4 is 5.32 Å². The lowest BCUT2D eigenvalue weighted by molar-refractivity contribution is -0.129. The molecule has 1 aliphatic heterocycles. The Kier molecular flexibility index (Phi) is 36.8. The summed E-state index contributed by atoms with van der Waals surface area (Å²) in [5.74, 6) is 3.87. The molecule has 0 bridgehead atoms. The third-order valence-corrected chi connectivity index (χ3v) is 13.9. The van der Waals surface area contributed by atoms with Gasteiger partial charge >= 0.3 is 0 Å². The summed E-state index contributed by atoms with van der Waals surface area (Å²) in [5, 5.41) is 3.17. The van der Waals surface area contributed by atoms with E-state index >= 15 is 0 Å². The second-order valence-corrected chi connectivity index (χ2v) is 20.8. The van der Waals surface area contributed by atoms with Gasteiger partial charge < -0.3 is 10.1 Å². The van der Waals surface area contributed by atoms with E-state index in [2.05, 4.69) is 141 Å². The molecule has 1 aromatic rings. The molecule has 2 fully saturated rings. The maximum absolute atomic E-state index is 14.4. The van der Waals surface area contributed by atoms with Crippen LogP contribution >= 0.6 is 0 Å². The van der Waals surface area contributed by atoms with Gasteiger partial charge in [0.05, 0.1) is 30.0 Å². The fraction of sp³-hybridized carbons (Fsp3) is 0.683. The minimum absolute atomic E-state index is 0.0267. The van der Waals surface area contributed by atoms with Crippen molar-refractivity contribution in [3.63, 3.8) is 0 Å². The van der Waals surface area contributed by atoms with Crippen LogP contribution in [0.15, 0.2) is 89.1 Å². The zero-order valence-corrected chi connectivity index (χ0v) is 48.1. The van der Waals surface area contributed by atoms with Crippen molar-refractivity contribution in [1.29, 1.82) is 0 Å². The number of hydrogen-bond donors (Lipinski definition) is 1. The van der Waals surface area contributed by atoms with Crippen LogP contribution in [0.2, 0.25) is 0 Å². The van der Waals surface area contributed by atoms with E-state index in [9.17, 15) is 9.18 Å². The summed E-state index contributed by atoms with van der Waals surface area (Å²) >= 11 is 0. The molecule has 68 heavy (non-hydrogen) atoms. The van der Waals surface area contributed by atoms with E-state index < -0.39 is 11.2 Å². The number of ether oxygens (including phenoxy) is 1. The fourth-order valence-corrected chi connectivity index (χ4v) is 8.79. The number of benzene rings is 1. The Hall–Kier alpha value is -3.31. The molecule has 3 rings (SSSR count). The van der Waals surface area contributed by atoms with Crippen LogP contribution in [-0.4, -0.2) is 25.2 Å². The van der Waals surface area contributed by atoms with Gasteiger partial charge in [0.25, 0.3) is 0 Å². The highest BCUT2D eigenvalue weighted by molar-refractivity contribution is 5.92. The zero-order chi connectivity index (χ0) is 52.5. The Bertz CT molecular complexity index is 1700. The summed E-state index contributed by atoms with van der Waals surface area (Å²) in [6.07, 6.45) is 26.2. The Morgan fingerprint density at radius 1 is 0.926 bits per heavy atom. The number of aryl methyl sites for hydroxylation is 1. The molecule has 2 atom stereocenters. The molecule has 390 valence electrons. The van der Waals surface area contributed by atoms with Crippen LogP contribution in [0.25, 0.3) is 5.57 Å². The number of nitrogens with one attached hydrogen (secondary N) is 1. The molecule has 2 unspecified atom stereocenters. The van der Waals surface area contributed by atoms with Gasteiger partial charge in [-0.05, 0) is 142 Å². The summed E-state index contributed by atoms with van der Waals surface area (Å²) in [5.41, 5.74) is 6.94. The zero-order valence-electron chi connectivity index (χ0n) is 48.1. The van der Waals surface area contributed by atoms with Gasteiger partial charge in [-0.25, -0.2) is 4.39 Å². The molecule has 5 heteroatoms. The van der Waals surface area contributed by atoms with Crippen molar-refractivity contribution in [1.82, 2.24) is 5.32 Å². The third kappa shape index (κ3) is 24.5.